The first-order chi connectivity index (χ1) is 17.7. The molecule has 17 heteroatoms. The highest BCUT2D eigenvalue weighted by atomic mass is 32.2. The van der Waals surface area contributed by atoms with E-state index in [-0.39, 0.29) is 51.3 Å². The van der Waals surface area contributed by atoms with Crippen molar-refractivity contribution in [1.29, 1.82) is 0 Å². The van der Waals surface area contributed by atoms with E-state index in [0.717, 1.165) is 11.8 Å². The number of thioether (sulfide) groups is 2. The van der Waals surface area contributed by atoms with Crippen LogP contribution in [0.3, 0.4) is 0 Å². The van der Waals surface area contributed by atoms with E-state index in [9.17, 15) is 18.0 Å². The summed E-state index contributed by atoms with van der Waals surface area (Å²) < 4.78 is 32.7. The number of anilines is 3. The molecule has 0 aliphatic heterocycles. The maximum atomic E-state index is 13.0. The van der Waals surface area contributed by atoms with Crippen molar-refractivity contribution in [1.82, 2.24) is 25.1 Å². The Bertz CT molecular complexity index is 1520. The highest BCUT2D eigenvalue weighted by Gasteiger charge is 2.25. The molecule has 0 spiro atoms. The number of carbonyl (C=O) groups is 1. The van der Waals surface area contributed by atoms with Crippen LogP contribution in [0.5, 0.6) is 0 Å². The fraction of sp³-hybridized carbons (Fsp3) is 0.200. The average molecular weight is 581 g/mol. The quantitative estimate of drug-likeness (QED) is 0.174. The van der Waals surface area contributed by atoms with Crippen LogP contribution in [-0.2, 0) is 20.6 Å². The molecule has 1 aromatic carbocycles. The molecule has 0 saturated carbocycles. The summed E-state index contributed by atoms with van der Waals surface area (Å²) in [7, 11) is -3.78. The third-order valence-electron chi connectivity index (χ3n) is 4.49. The van der Waals surface area contributed by atoms with E-state index in [2.05, 4.69) is 30.5 Å². The van der Waals surface area contributed by atoms with Crippen LogP contribution in [0, 0.1) is 0 Å². The van der Waals surface area contributed by atoms with E-state index in [1.165, 1.54) is 57.7 Å². The lowest BCUT2D eigenvalue weighted by Crippen LogP contribution is -2.30. The number of nitrogens with zero attached hydrogens (tertiary/aromatic N) is 5. The molecule has 0 aliphatic rings. The van der Waals surface area contributed by atoms with Crippen LogP contribution in [0.2, 0.25) is 0 Å². The second kappa shape index (κ2) is 11.8. The molecule has 4 aromatic rings. The smallest absolute Gasteiger partial charge is 0.277 e. The van der Waals surface area contributed by atoms with Gasteiger partial charge in [0.05, 0.1) is 16.4 Å². The number of hydrogen-bond acceptors (Lipinski definition) is 13. The van der Waals surface area contributed by atoms with Gasteiger partial charge in [-0.05, 0) is 31.2 Å². The van der Waals surface area contributed by atoms with Gasteiger partial charge < -0.3 is 20.5 Å². The first-order valence-electron chi connectivity index (χ1n) is 10.5. The van der Waals surface area contributed by atoms with E-state index in [4.69, 9.17) is 10.2 Å². The maximum absolute atomic E-state index is 13.0. The topological polar surface area (TPSA) is 190 Å². The highest BCUT2D eigenvalue weighted by molar-refractivity contribution is 7.99. The molecule has 3 heterocycles. The maximum Gasteiger partial charge on any atom is 0.277 e. The molecule has 4 N–H and O–H groups in total. The zero-order valence-corrected chi connectivity index (χ0v) is 22.4. The molecule has 0 radical (unpaired) electrons. The molecular formula is C20H20N8O5S4. The number of H-pyrrole nitrogens is 1. The molecular weight excluding hydrogens is 561 g/mol. The third-order valence-corrected chi connectivity index (χ3v) is 8.96. The van der Waals surface area contributed by atoms with Crippen molar-refractivity contribution < 1.29 is 17.6 Å². The van der Waals surface area contributed by atoms with Crippen LogP contribution in [0.25, 0.3) is 0 Å². The number of sulfonamides is 1. The van der Waals surface area contributed by atoms with Crippen LogP contribution in [-0.4, -0.2) is 51.8 Å². The number of hydrogen-bond donors (Lipinski definition) is 3. The second-order valence-electron chi connectivity index (χ2n) is 7.07. The van der Waals surface area contributed by atoms with Gasteiger partial charge in [-0.15, -0.1) is 21.5 Å². The number of nitrogens with two attached hydrogens (primary N) is 1. The minimum absolute atomic E-state index is 0.00736. The monoisotopic (exact) mass is 580 g/mol. The minimum atomic E-state index is -3.78. The molecule has 0 bridgehead atoms. The summed E-state index contributed by atoms with van der Waals surface area (Å²) in [5.41, 5.74) is 5.62. The number of amides is 1. The fourth-order valence-electron chi connectivity index (χ4n) is 2.92. The summed E-state index contributed by atoms with van der Waals surface area (Å²) in [6, 6.07) is 7.07. The lowest BCUT2D eigenvalue weighted by Gasteiger charge is -2.19. The number of nitrogens with one attached hydrogen (secondary N) is 2. The predicted octanol–water partition coefficient (Wildman–Crippen LogP) is 2.43. The molecule has 13 nitrogen and oxygen atoms in total. The largest absolute Gasteiger partial charge is 0.415 e. The van der Waals surface area contributed by atoms with Gasteiger partial charge in [0.15, 0.2) is 10.3 Å². The zero-order chi connectivity index (χ0) is 26.4. The van der Waals surface area contributed by atoms with Crippen LogP contribution in [0.1, 0.15) is 12.8 Å². The van der Waals surface area contributed by atoms with Crippen molar-refractivity contribution in [2.45, 2.75) is 28.0 Å². The number of benzene rings is 1. The lowest BCUT2D eigenvalue weighted by molar-refractivity contribution is -0.113. The molecule has 0 aliphatic carbocycles. The molecule has 0 saturated heterocycles. The molecule has 0 atom stereocenters. The minimum Gasteiger partial charge on any atom is -0.415 e. The van der Waals surface area contributed by atoms with Crippen molar-refractivity contribution in [2.24, 2.45) is 0 Å². The van der Waals surface area contributed by atoms with Crippen LogP contribution >= 0.6 is 34.9 Å². The van der Waals surface area contributed by atoms with Gasteiger partial charge in [0, 0.05) is 29.9 Å². The summed E-state index contributed by atoms with van der Waals surface area (Å²) >= 11 is 3.44. The molecule has 0 fully saturated rings. The second-order valence-corrected chi connectivity index (χ2v) is 11.7. The van der Waals surface area contributed by atoms with Crippen molar-refractivity contribution in [3.05, 3.63) is 58.2 Å². The third kappa shape index (κ3) is 6.88. The average Bonchev–Trinajstić information content (AvgIpc) is 3.54. The van der Waals surface area contributed by atoms with Gasteiger partial charge in [-0.1, -0.05) is 23.5 Å². The Balaban J connectivity index is 1.29. The standard InChI is InChI=1S/C20H20N8O5S4/c1-2-28(19-22-7-8-34-19)37(31,32)13-5-3-12(4-6-13)23-16(30)10-36-20-27-26-17(33-20)11-35-18-24-14(21)9-15(29)25-18/h3-9H,2,10-11H2,1H3,(H,23,30)(H3,21,24,25,29). The zero-order valence-electron chi connectivity index (χ0n) is 19.2. The number of nitrogen functional groups attached to an aromatic ring is 1. The van der Waals surface area contributed by atoms with Gasteiger partial charge in [0.25, 0.3) is 20.8 Å². The van der Waals surface area contributed by atoms with Crippen LogP contribution in [0.15, 0.2) is 66.4 Å². The highest BCUT2D eigenvalue weighted by Crippen LogP contribution is 2.26. The van der Waals surface area contributed by atoms with Crippen molar-refractivity contribution >= 4 is 67.4 Å². The Morgan fingerprint density at radius 2 is 2.03 bits per heavy atom. The summed E-state index contributed by atoms with van der Waals surface area (Å²) in [6.45, 7) is 1.97. The van der Waals surface area contributed by atoms with Gasteiger partial charge >= 0.3 is 0 Å². The summed E-state index contributed by atoms with van der Waals surface area (Å²) in [4.78, 5) is 34.5. The summed E-state index contributed by atoms with van der Waals surface area (Å²) in [5.74, 6) is 0.295. The van der Waals surface area contributed by atoms with E-state index in [0.29, 0.717) is 16.0 Å². The number of thiazole rings is 1. The normalized spacial score (nSPS) is 11.4. The Morgan fingerprint density at radius 1 is 1.24 bits per heavy atom. The Hall–Kier alpha value is -3.41. The van der Waals surface area contributed by atoms with Crippen LogP contribution < -0.4 is 20.9 Å². The fourth-order valence-corrected chi connectivity index (χ4v) is 6.58. The summed E-state index contributed by atoms with van der Waals surface area (Å²) in [5, 5.41) is 13.1. The Kier molecular flexibility index (Phi) is 8.47. The molecule has 0 unspecified atom stereocenters. The van der Waals surface area contributed by atoms with Crippen LogP contribution in [0.4, 0.5) is 16.6 Å². The van der Waals surface area contributed by atoms with Crippen molar-refractivity contribution in [2.75, 3.05) is 27.7 Å². The molecule has 4 rings (SSSR count). The number of aromatic amines is 1. The lowest BCUT2D eigenvalue weighted by atomic mass is 10.3. The number of aromatic nitrogens is 5. The number of rotatable bonds is 11. The summed E-state index contributed by atoms with van der Waals surface area (Å²) in [6.07, 6.45) is 1.55. The van der Waals surface area contributed by atoms with Gasteiger partial charge in [-0.2, -0.15) is 0 Å². The molecule has 1 amide bonds. The van der Waals surface area contributed by atoms with E-state index < -0.39 is 10.0 Å². The van der Waals surface area contributed by atoms with Gasteiger partial charge in [0.2, 0.25) is 11.8 Å². The Morgan fingerprint density at radius 3 is 2.70 bits per heavy atom. The number of carbonyl (C=O) groups excluding carboxylic acids is 1. The van der Waals surface area contributed by atoms with Crippen molar-refractivity contribution in [3.63, 3.8) is 0 Å². The molecule has 3 aromatic heterocycles. The molecule has 37 heavy (non-hydrogen) atoms. The van der Waals surface area contributed by atoms with E-state index >= 15 is 0 Å². The molecule has 194 valence electrons. The first kappa shape index (κ1) is 26.6. The Labute approximate surface area is 223 Å². The SMILES string of the molecule is CCN(c1nccs1)S(=O)(=O)c1ccc(NC(=O)CSc2nnc(CSc3nc(N)cc(=O)[nH]3)o2)cc1. The van der Waals surface area contributed by atoms with Gasteiger partial charge in [0.1, 0.15) is 5.82 Å². The van der Waals surface area contributed by atoms with E-state index in [1.807, 2.05) is 0 Å². The van der Waals surface area contributed by atoms with Gasteiger partial charge in [-0.3, -0.25) is 9.59 Å². The van der Waals surface area contributed by atoms with Gasteiger partial charge in [-0.25, -0.2) is 22.7 Å². The van der Waals surface area contributed by atoms with Crippen molar-refractivity contribution in [3.8, 4) is 0 Å². The first-order valence-corrected chi connectivity index (χ1v) is 14.8. The predicted molar refractivity (Wildman–Crippen MR) is 141 cm³/mol. The van der Waals surface area contributed by atoms with E-state index in [1.54, 1.807) is 18.5 Å².